The number of nitro benzene ring substituents is 2. The standard InChI is InChI=1S/C20H13Cl2N2O6/c1-29-17-8-4-12(10-18(17)30-2)14-6-5-13(19(21)20(14)22)11-3-7-15(23(25)26)16(9-11)24(27)28/h3-5,7-10H,1-2H3. The van der Waals surface area contributed by atoms with Crippen LogP contribution in [0.5, 0.6) is 11.5 Å². The SMILES string of the molecule is COc1ccc(-c2[c]cc(-c3ccc([N+](=O)[O-])c([N+](=O)[O-])c3)c(Cl)c2Cl)cc1OC. The molecule has 10 heteroatoms. The number of halogens is 2. The van der Waals surface area contributed by atoms with Crippen LogP contribution in [-0.2, 0) is 0 Å². The zero-order valence-electron chi connectivity index (χ0n) is 15.6. The first kappa shape index (κ1) is 21.4. The lowest BCUT2D eigenvalue weighted by Gasteiger charge is -2.13. The molecule has 153 valence electrons. The van der Waals surface area contributed by atoms with Crippen LogP contribution in [0, 0.1) is 26.3 Å². The molecule has 3 aromatic rings. The van der Waals surface area contributed by atoms with Crippen molar-refractivity contribution in [2.24, 2.45) is 0 Å². The van der Waals surface area contributed by atoms with E-state index in [1.54, 1.807) is 18.2 Å². The van der Waals surface area contributed by atoms with Crippen molar-refractivity contribution in [2.75, 3.05) is 14.2 Å². The van der Waals surface area contributed by atoms with Crippen LogP contribution in [0.3, 0.4) is 0 Å². The molecule has 0 saturated carbocycles. The van der Waals surface area contributed by atoms with Gasteiger partial charge in [-0.2, -0.15) is 0 Å². The van der Waals surface area contributed by atoms with E-state index in [0.717, 1.165) is 12.1 Å². The second kappa shape index (κ2) is 8.56. The number of benzene rings is 3. The molecule has 0 aromatic heterocycles. The number of hydrogen-bond acceptors (Lipinski definition) is 6. The maximum atomic E-state index is 11.2. The fourth-order valence-corrected chi connectivity index (χ4v) is 3.43. The third kappa shape index (κ3) is 3.87. The highest BCUT2D eigenvalue weighted by Gasteiger charge is 2.25. The molecule has 0 atom stereocenters. The number of nitrogens with zero attached hydrogens (tertiary/aromatic N) is 2. The summed E-state index contributed by atoms with van der Waals surface area (Å²) in [6.45, 7) is 0. The lowest BCUT2D eigenvalue weighted by Crippen LogP contribution is -1.97. The molecule has 0 aliphatic heterocycles. The highest BCUT2D eigenvalue weighted by Crippen LogP contribution is 2.43. The van der Waals surface area contributed by atoms with E-state index in [0.29, 0.717) is 33.8 Å². The molecule has 0 bridgehead atoms. The minimum Gasteiger partial charge on any atom is -0.493 e. The molecule has 3 aromatic carbocycles. The van der Waals surface area contributed by atoms with Gasteiger partial charge in [-0.1, -0.05) is 29.3 Å². The Morgan fingerprint density at radius 3 is 2.07 bits per heavy atom. The molecule has 0 spiro atoms. The molecule has 0 N–H and O–H groups in total. The fraction of sp³-hybridized carbons (Fsp3) is 0.100. The Hall–Kier alpha value is -3.36. The van der Waals surface area contributed by atoms with Crippen molar-refractivity contribution >= 4 is 34.6 Å². The Labute approximate surface area is 180 Å². The Kier molecular flexibility index (Phi) is 6.09. The predicted octanol–water partition coefficient (Wildman–Crippen LogP) is 5.96. The van der Waals surface area contributed by atoms with Gasteiger partial charge in [0.2, 0.25) is 0 Å². The molecule has 0 aliphatic carbocycles. The molecular weight excluding hydrogens is 435 g/mol. The summed E-state index contributed by atoms with van der Waals surface area (Å²) in [5.41, 5.74) is 0.548. The summed E-state index contributed by atoms with van der Waals surface area (Å²) in [4.78, 5) is 20.6. The van der Waals surface area contributed by atoms with E-state index in [9.17, 15) is 20.2 Å². The zero-order chi connectivity index (χ0) is 22.0. The number of nitro groups is 2. The minimum absolute atomic E-state index is 0.128. The van der Waals surface area contributed by atoms with Crippen LogP contribution in [0.25, 0.3) is 22.3 Å². The van der Waals surface area contributed by atoms with Crippen LogP contribution in [0.1, 0.15) is 0 Å². The van der Waals surface area contributed by atoms with Gasteiger partial charge in [-0.15, -0.1) is 0 Å². The molecule has 0 fully saturated rings. The smallest absolute Gasteiger partial charge is 0.346 e. The molecule has 0 heterocycles. The van der Waals surface area contributed by atoms with E-state index < -0.39 is 21.2 Å². The highest BCUT2D eigenvalue weighted by atomic mass is 35.5. The van der Waals surface area contributed by atoms with Crippen LogP contribution in [0.4, 0.5) is 11.4 Å². The minimum atomic E-state index is -0.821. The summed E-state index contributed by atoms with van der Waals surface area (Å²) in [5.74, 6) is 1.03. The van der Waals surface area contributed by atoms with Crippen molar-refractivity contribution in [1.82, 2.24) is 0 Å². The van der Waals surface area contributed by atoms with Crippen molar-refractivity contribution in [3.05, 3.63) is 78.8 Å². The maximum absolute atomic E-state index is 11.2. The lowest BCUT2D eigenvalue weighted by molar-refractivity contribution is -0.422. The normalized spacial score (nSPS) is 10.5. The molecule has 0 unspecified atom stereocenters. The van der Waals surface area contributed by atoms with Crippen LogP contribution in [0.2, 0.25) is 10.0 Å². The van der Waals surface area contributed by atoms with Gasteiger partial charge in [0.25, 0.3) is 0 Å². The third-order valence-electron chi connectivity index (χ3n) is 4.36. The van der Waals surface area contributed by atoms with E-state index in [-0.39, 0.29) is 10.0 Å². The first-order chi connectivity index (χ1) is 14.3. The molecular formula is C20H13Cl2N2O6. The van der Waals surface area contributed by atoms with Crippen molar-refractivity contribution in [3.8, 4) is 33.8 Å². The highest BCUT2D eigenvalue weighted by molar-refractivity contribution is 6.45. The molecule has 0 saturated heterocycles. The quantitative estimate of drug-likeness (QED) is 0.340. The summed E-state index contributed by atoms with van der Waals surface area (Å²) in [6, 6.07) is 13.2. The van der Waals surface area contributed by atoms with Crippen molar-refractivity contribution in [2.45, 2.75) is 0 Å². The monoisotopic (exact) mass is 447 g/mol. The van der Waals surface area contributed by atoms with Crippen molar-refractivity contribution < 1.29 is 19.3 Å². The Bertz CT molecular complexity index is 1170. The number of rotatable bonds is 6. The Morgan fingerprint density at radius 2 is 1.47 bits per heavy atom. The first-order valence-electron chi connectivity index (χ1n) is 8.33. The van der Waals surface area contributed by atoms with E-state index in [2.05, 4.69) is 6.07 Å². The van der Waals surface area contributed by atoms with Gasteiger partial charge in [0.1, 0.15) is 0 Å². The molecule has 3 rings (SSSR count). The summed E-state index contributed by atoms with van der Waals surface area (Å²) >= 11 is 12.9. The molecule has 1 radical (unpaired) electrons. The number of methoxy groups -OCH3 is 2. The summed E-state index contributed by atoms with van der Waals surface area (Å²) < 4.78 is 10.5. The van der Waals surface area contributed by atoms with Gasteiger partial charge in [0.05, 0.1) is 34.1 Å². The van der Waals surface area contributed by atoms with Crippen LogP contribution >= 0.6 is 23.2 Å². The van der Waals surface area contributed by atoms with E-state index >= 15 is 0 Å². The average molecular weight is 448 g/mol. The van der Waals surface area contributed by atoms with Crippen LogP contribution in [-0.4, -0.2) is 24.1 Å². The first-order valence-corrected chi connectivity index (χ1v) is 9.09. The third-order valence-corrected chi connectivity index (χ3v) is 5.23. The molecule has 30 heavy (non-hydrogen) atoms. The summed E-state index contributed by atoms with van der Waals surface area (Å²) in [7, 11) is 3.02. The van der Waals surface area contributed by atoms with E-state index in [1.165, 1.54) is 26.4 Å². The van der Waals surface area contributed by atoms with Crippen molar-refractivity contribution in [1.29, 1.82) is 0 Å². The largest absolute Gasteiger partial charge is 0.493 e. The molecule has 0 amide bonds. The molecule has 8 nitrogen and oxygen atoms in total. The van der Waals surface area contributed by atoms with Crippen molar-refractivity contribution in [3.63, 3.8) is 0 Å². The topological polar surface area (TPSA) is 105 Å². The predicted molar refractivity (Wildman–Crippen MR) is 113 cm³/mol. The van der Waals surface area contributed by atoms with Gasteiger partial charge in [-0.3, -0.25) is 20.2 Å². The number of hydrogen-bond donors (Lipinski definition) is 0. The Balaban J connectivity index is 2.11. The Morgan fingerprint density at radius 1 is 0.833 bits per heavy atom. The summed E-state index contributed by atoms with van der Waals surface area (Å²) in [5, 5.41) is 22.5. The van der Waals surface area contributed by atoms with Crippen LogP contribution in [0.15, 0.2) is 42.5 Å². The van der Waals surface area contributed by atoms with Gasteiger partial charge >= 0.3 is 11.4 Å². The lowest BCUT2D eigenvalue weighted by atomic mass is 9.99. The van der Waals surface area contributed by atoms with Gasteiger partial charge in [-0.25, -0.2) is 0 Å². The average Bonchev–Trinajstić information content (AvgIpc) is 2.74. The zero-order valence-corrected chi connectivity index (χ0v) is 17.2. The van der Waals surface area contributed by atoms with Gasteiger partial charge in [0, 0.05) is 23.3 Å². The molecule has 0 aliphatic rings. The maximum Gasteiger partial charge on any atom is 0.346 e. The van der Waals surface area contributed by atoms with Gasteiger partial charge < -0.3 is 9.47 Å². The van der Waals surface area contributed by atoms with E-state index in [1.807, 2.05) is 0 Å². The van der Waals surface area contributed by atoms with Gasteiger partial charge in [-0.05, 0) is 41.5 Å². The second-order valence-corrected chi connectivity index (χ2v) is 6.75. The second-order valence-electron chi connectivity index (χ2n) is 5.99. The summed E-state index contributed by atoms with van der Waals surface area (Å²) in [6.07, 6.45) is 0. The van der Waals surface area contributed by atoms with E-state index in [4.69, 9.17) is 32.7 Å². The van der Waals surface area contributed by atoms with Crippen LogP contribution < -0.4 is 9.47 Å². The fourth-order valence-electron chi connectivity index (χ4n) is 2.90. The number of ether oxygens (including phenoxy) is 2. The van der Waals surface area contributed by atoms with Gasteiger partial charge in [0.15, 0.2) is 11.5 Å².